The molecule has 1 heterocycles. The van der Waals surface area contributed by atoms with Gasteiger partial charge in [0.05, 0.1) is 26.0 Å². The van der Waals surface area contributed by atoms with Crippen LogP contribution in [0.25, 0.3) is 0 Å². The van der Waals surface area contributed by atoms with Gasteiger partial charge in [-0.25, -0.2) is 0 Å². The van der Waals surface area contributed by atoms with Gasteiger partial charge in [-0.15, -0.1) is 6.58 Å². The summed E-state index contributed by atoms with van der Waals surface area (Å²) in [4.78, 5) is 4.40. The van der Waals surface area contributed by atoms with E-state index in [9.17, 15) is 0 Å². The highest BCUT2D eigenvalue weighted by molar-refractivity contribution is 5.58. The molecule has 1 aliphatic rings. The highest BCUT2D eigenvalue weighted by Gasteiger charge is 2.23. The molecule has 0 amide bonds. The van der Waals surface area contributed by atoms with Crippen molar-refractivity contribution in [2.75, 3.05) is 19.0 Å². The maximum absolute atomic E-state index is 5.61. The Balaban J connectivity index is 1.61. The molecule has 0 atom stereocenters. The van der Waals surface area contributed by atoms with Crippen molar-refractivity contribution in [3.8, 4) is 5.75 Å². The Hall–Kier alpha value is -2.33. The molecule has 3 rings (SSSR count). The standard InChI is InChI=1S/C22H28N2O2/c1-3-15-26-16-21-22(25-2)20(13-14-23-21)24-19-11-9-18(10-12-19)17-7-5-4-6-8-17/h3-8,13-14,18-19H,1,9-12,15-16H2,2H3,(H,23,24)/t18-,19+. The van der Waals surface area contributed by atoms with Crippen molar-refractivity contribution in [2.24, 2.45) is 0 Å². The lowest BCUT2D eigenvalue weighted by Crippen LogP contribution is -2.25. The van der Waals surface area contributed by atoms with E-state index < -0.39 is 0 Å². The lowest BCUT2D eigenvalue weighted by Gasteiger charge is -2.30. The van der Waals surface area contributed by atoms with Gasteiger partial charge in [-0.2, -0.15) is 0 Å². The van der Waals surface area contributed by atoms with Crippen LogP contribution in [0.1, 0.15) is 42.9 Å². The van der Waals surface area contributed by atoms with E-state index in [4.69, 9.17) is 9.47 Å². The molecule has 1 aliphatic carbocycles. The fraction of sp³-hybridized carbons (Fsp3) is 0.409. The maximum Gasteiger partial charge on any atom is 0.165 e. The van der Waals surface area contributed by atoms with Gasteiger partial charge in [0.1, 0.15) is 5.69 Å². The predicted molar refractivity (Wildman–Crippen MR) is 106 cm³/mol. The summed E-state index contributed by atoms with van der Waals surface area (Å²) in [5.74, 6) is 1.46. The van der Waals surface area contributed by atoms with Crippen molar-refractivity contribution < 1.29 is 9.47 Å². The van der Waals surface area contributed by atoms with Crippen molar-refractivity contribution in [1.29, 1.82) is 0 Å². The largest absolute Gasteiger partial charge is 0.493 e. The van der Waals surface area contributed by atoms with E-state index in [0.717, 1.165) is 30.0 Å². The van der Waals surface area contributed by atoms with Crippen molar-refractivity contribution in [2.45, 2.75) is 44.2 Å². The smallest absolute Gasteiger partial charge is 0.165 e. The van der Waals surface area contributed by atoms with E-state index in [1.807, 2.05) is 12.3 Å². The van der Waals surface area contributed by atoms with Crippen LogP contribution in [0.4, 0.5) is 5.69 Å². The molecule has 1 N–H and O–H groups in total. The molecular weight excluding hydrogens is 324 g/mol. The second kappa shape index (κ2) is 9.39. The zero-order valence-corrected chi connectivity index (χ0v) is 15.5. The fourth-order valence-corrected chi connectivity index (χ4v) is 3.69. The first-order valence-electron chi connectivity index (χ1n) is 9.33. The normalized spacial score (nSPS) is 19.7. The number of pyridine rings is 1. The second-order valence-corrected chi connectivity index (χ2v) is 6.75. The Bertz CT molecular complexity index is 695. The van der Waals surface area contributed by atoms with Gasteiger partial charge in [0.15, 0.2) is 5.75 Å². The first-order valence-corrected chi connectivity index (χ1v) is 9.33. The summed E-state index contributed by atoms with van der Waals surface area (Å²) in [6.45, 7) is 4.60. The van der Waals surface area contributed by atoms with E-state index >= 15 is 0 Å². The Morgan fingerprint density at radius 1 is 1.15 bits per heavy atom. The van der Waals surface area contributed by atoms with Crippen LogP contribution < -0.4 is 10.1 Å². The molecule has 26 heavy (non-hydrogen) atoms. The highest BCUT2D eigenvalue weighted by atomic mass is 16.5. The molecule has 0 saturated heterocycles. The molecule has 0 radical (unpaired) electrons. The van der Waals surface area contributed by atoms with Crippen LogP contribution in [0, 0.1) is 0 Å². The topological polar surface area (TPSA) is 43.4 Å². The molecule has 1 fully saturated rings. The minimum Gasteiger partial charge on any atom is -0.493 e. The molecule has 138 valence electrons. The summed E-state index contributed by atoms with van der Waals surface area (Å²) >= 11 is 0. The second-order valence-electron chi connectivity index (χ2n) is 6.75. The number of rotatable bonds is 8. The van der Waals surface area contributed by atoms with Crippen LogP contribution in [-0.4, -0.2) is 24.7 Å². The molecule has 4 nitrogen and oxygen atoms in total. The molecular formula is C22H28N2O2. The van der Waals surface area contributed by atoms with Gasteiger partial charge >= 0.3 is 0 Å². The van der Waals surface area contributed by atoms with Crippen LogP contribution >= 0.6 is 0 Å². The Kier molecular flexibility index (Phi) is 6.67. The monoisotopic (exact) mass is 352 g/mol. The molecule has 1 aromatic heterocycles. The molecule has 0 unspecified atom stereocenters. The first-order chi connectivity index (χ1) is 12.8. The summed E-state index contributed by atoms with van der Waals surface area (Å²) in [5, 5.41) is 3.66. The molecule has 2 aromatic rings. The zero-order valence-electron chi connectivity index (χ0n) is 15.5. The Morgan fingerprint density at radius 2 is 1.92 bits per heavy atom. The van der Waals surface area contributed by atoms with Crippen molar-refractivity contribution in [3.05, 3.63) is 66.5 Å². The quantitative estimate of drug-likeness (QED) is 0.540. The van der Waals surface area contributed by atoms with E-state index in [-0.39, 0.29) is 0 Å². The minimum atomic E-state index is 0.422. The fourth-order valence-electron chi connectivity index (χ4n) is 3.69. The summed E-state index contributed by atoms with van der Waals surface area (Å²) < 4.78 is 11.1. The number of benzene rings is 1. The summed E-state index contributed by atoms with van der Waals surface area (Å²) in [5.41, 5.74) is 3.29. The van der Waals surface area contributed by atoms with Gasteiger partial charge in [0.25, 0.3) is 0 Å². The highest BCUT2D eigenvalue weighted by Crippen LogP contribution is 2.36. The first kappa shape index (κ1) is 18.5. The number of hydrogen-bond donors (Lipinski definition) is 1. The van der Waals surface area contributed by atoms with Crippen LogP contribution in [0.3, 0.4) is 0 Å². The zero-order chi connectivity index (χ0) is 18.2. The number of methoxy groups -OCH3 is 1. The van der Waals surface area contributed by atoms with Gasteiger partial charge in [0.2, 0.25) is 0 Å². The summed E-state index contributed by atoms with van der Waals surface area (Å²) in [6.07, 6.45) is 8.29. The molecule has 0 bridgehead atoms. The molecule has 4 heteroatoms. The average Bonchev–Trinajstić information content (AvgIpc) is 2.70. The molecule has 0 spiro atoms. The number of anilines is 1. The lowest BCUT2D eigenvalue weighted by atomic mass is 9.82. The van der Waals surface area contributed by atoms with Crippen LogP contribution in [0.2, 0.25) is 0 Å². The van der Waals surface area contributed by atoms with Gasteiger partial charge in [-0.05, 0) is 43.2 Å². The van der Waals surface area contributed by atoms with Gasteiger partial charge in [-0.1, -0.05) is 36.4 Å². The van der Waals surface area contributed by atoms with Gasteiger partial charge in [0, 0.05) is 12.2 Å². The molecule has 1 saturated carbocycles. The maximum atomic E-state index is 5.61. The average molecular weight is 352 g/mol. The number of ether oxygens (including phenoxy) is 2. The lowest BCUT2D eigenvalue weighted by molar-refractivity contribution is 0.143. The summed E-state index contributed by atoms with van der Waals surface area (Å²) in [7, 11) is 1.69. The van der Waals surface area contributed by atoms with E-state index in [1.54, 1.807) is 13.2 Å². The third-order valence-corrected chi connectivity index (χ3v) is 5.01. The number of nitrogens with zero attached hydrogens (tertiary/aromatic N) is 1. The van der Waals surface area contributed by atoms with Crippen molar-refractivity contribution in [1.82, 2.24) is 4.98 Å². The van der Waals surface area contributed by atoms with Crippen LogP contribution in [0.5, 0.6) is 5.75 Å². The Morgan fingerprint density at radius 3 is 2.62 bits per heavy atom. The van der Waals surface area contributed by atoms with E-state index in [0.29, 0.717) is 25.2 Å². The van der Waals surface area contributed by atoms with Crippen LogP contribution in [0.15, 0.2) is 55.3 Å². The van der Waals surface area contributed by atoms with Crippen molar-refractivity contribution >= 4 is 5.69 Å². The number of aromatic nitrogens is 1. The van der Waals surface area contributed by atoms with Crippen molar-refractivity contribution in [3.63, 3.8) is 0 Å². The van der Waals surface area contributed by atoms with E-state index in [1.165, 1.54) is 18.4 Å². The predicted octanol–water partition coefficient (Wildman–Crippen LogP) is 4.93. The third-order valence-electron chi connectivity index (χ3n) is 5.01. The SMILES string of the molecule is C=CCOCc1nccc(N[C@H]2CC[C@@H](c3ccccc3)CC2)c1OC. The molecule has 1 aromatic carbocycles. The number of hydrogen-bond acceptors (Lipinski definition) is 4. The van der Waals surface area contributed by atoms with Crippen LogP contribution in [-0.2, 0) is 11.3 Å². The number of nitrogens with one attached hydrogen (secondary N) is 1. The Labute approximate surface area is 156 Å². The van der Waals surface area contributed by atoms with Gasteiger partial charge in [-0.3, -0.25) is 4.98 Å². The summed E-state index contributed by atoms with van der Waals surface area (Å²) in [6, 6.07) is 13.3. The van der Waals surface area contributed by atoms with E-state index in [2.05, 4.69) is 47.2 Å². The molecule has 0 aliphatic heterocycles. The van der Waals surface area contributed by atoms with Gasteiger partial charge < -0.3 is 14.8 Å². The third kappa shape index (κ3) is 4.64. The minimum absolute atomic E-state index is 0.422.